The van der Waals surface area contributed by atoms with E-state index in [-0.39, 0.29) is 24.0 Å². The number of carbonyl (C=O) groups excluding carboxylic acids is 2. The van der Waals surface area contributed by atoms with E-state index in [9.17, 15) is 14.7 Å². The summed E-state index contributed by atoms with van der Waals surface area (Å²) in [5.41, 5.74) is 1.42. The smallest absolute Gasteiger partial charge is 0.266 e. The number of nitrogens with zero attached hydrogens (tertiary/aromatic N) is 1. The Balaban J connectivity index is 1.51. The fourth-order valence-corrected chi connectivity index (χ4v) is 4.06. The molecular formula is C21H20N2O4S2. The molecule has 1 aliphatic heterocycles. The lowest BCUT2D eigenvalue weighted by Crippen LogP contribution is -2.29. The maximum atomic E-state index is 12.6. The molecule has 6 nitrogen and oxygen atoms in total. The van der Waals surface area contributed by atoms with Gasteiger partial charge in [-0.15, -0.1) is 0 Å². The molecule has 0 aromatic heterocycles. The Morgan fingerprint density at radius 2 is 2.03 bits per heavy atom. The molecule has 1 aliphatic rings. The summed E-state index contributed by atoms with van der Waals surface area (Å²) in [6, 6.07) is 13.7. The molecule has 2 aromatic rings. The zero-order valence-electron chi connectivity index (χ0n) is 15.8. The average molecular weight is 429 g/mol. The number of phenols is 1. The third-order valence-corrected chi connectivity index (χ3v) is 5.58. The molecule has 2 amide bonds. The first kappa shape index (κ1) is 20.9. The number of anilines is 1. The second kappa shape index (κ2) is 9.58. The number of hydrogen-bond donors (Lipinski definition) is 2. The number of thioether (sulfide) groups is 1. The number of phenolic OH excluding ortho intramolecular Hbond substituents is 1. The number of aromatic hydroxyl groups is 1. The summed E-state index contributed by atoms with van der Waals surface area (Å²) in [5, 5.41) is 12.4. The molecule has 0 radical (unpaired) electrons. The molecule has 0 saturated carbocycles. The minimum atomic E-state index is -0.182. The van der Waals surface area contributed by atoms with Gasteiger partial charge in [-0.2, -0.15) is 0 Å². The van der Waals surface area contributed by atoms with E-state index in [2.05, 4.69) is 5.32 Å². The predicted molar refractivity (Wildman–Crippen MR) is 119 cm³/mol. The summed E-state index contributed by atoms with van der Waals surface area (Å²) < 4.78 is 5.56. The van der Waals surface area contributed by atoms with E-state index < -0.39 is 0 Å². The van der Waals surface area contributed by atoms with Crippen molar-refractivity contribution in [2.45, 2.75) is 12.8 Å². The highest BCUT2D eigenvalue weighted by atomic mass is 32.2. The lowest BCUT2D eigenvalue weighted by molar-refractivity contribution is -0.122. The van der Waals surface area contributed by atoms with Gasteiger partial charge in [-0.1, -0.05) is 36.1 Å². The fourth-order valence-electron chi connectivity index (χ4n) is 2.75. The summed E-state index contributed by atoms with van der Waals surface area (Å²) in [5.74, 6) is 0.544. The van der Waals surface area contributed by atoms with Crippen molar-refractivity contribution >= 4 is 51.9 Å². The van der Waals surface area contributed by atoms with Crippen molar-refractivity contribution in [3.8, 4) is 11.5 Å². The van der Waals surface area contributed by atoms with Crippen molar-refractivity contribution in [1.29, 1.82) is 0 Å². The maximum absolute atomic E-state index is 12.6. The Kier molecular flexibility index (Phi) is 6.90. The Morgan fingerprint density at radius 3 is 2.72 bits per heavy atom. The SMILES string of the molecule is COc1ccc(NC(=O)CCCN2C(=O)/C(=C/c3cccc(O)c3)SC2=S)cc1. The van der Waals surface area contributed by atoms with Gasteiger partial charge < -0.3 is 15.2 Å². The van der Waals surface area contributed by atoms with E-state index in [4.69, 9.17) is 17.0 Å². The van der Waals surface area contributed by atoms with Gasteiger partial charge in [0, 0.05) is 18.7 Å². The number of carbonyl (C=O) groups is 2. The Morgan fingerprint density at radius 1 is 1.28 bits per heavy atom. The summed E-state index contributed by atoms with van der Waals surface area (Å²) in [6.45, 7) is 0.373. The topological polar surface area (TPSA) is 78.9 Å². The molecule has 1 saturated heterocycles. The summed E-state index contributed by atoms with van der Waals surface area (Å²) in [7, 11) is 1.58. The number of benzene rings is 2. The van der Waals surface area contributed by atoms with Gasteiger partial charge in [0.2, 0.25) is 5.91 Å². The van der Waals surface area contributed by atoms with Crippen LogP contribution in [0.4, 0.5) is 5.69 Å². The van der Waals surface area contributed by atoms with Crippen molar-refractivity contribution in [1.82, 2.24) is 4.90 Å². The number of thiocarbonyl (C=S) groups is 1. The molecule has 2 N–H and O–H groups in total. The molecule has 2 aromatic carbocycles. The van der Waals surface area contributed by atoms with E-state index in [1.165, 1.54) is 16.7 Å². The van der Waals surface area contributed by atoms with Crippen LogP contribution < -0.4 is 10.1 Å². The summed E-state index contributed by atoms with van der Waals surface area (Å²) in [6.07, 6.45) is 2.47. The fraction of sp³-hybridized carbons (Fsp3) is 0.190. The van der Waals surface area contributed by atoms with Crippen molar-refractivity contribution in [2.75, 3.05) is 19.0 Å². The standard InChI is InChI=1S/C21H20N2O4S2/c1-27-17-9-7-15(8-10-17)22-19(25)6-3-11-23-20(26)18(29-21(23)28)13-14-4-2-5-16(24)12-14/h2,4-5,7-10,12-13,24H,3,6,11H2,1H3,(H,22,25)/b18-13-. The predicted octanol–water partition coefficient (Wildman–Crippen LogP) is 4.02. The molecule has 0 spiro atoms. The molecule has 150 valence electrons. The summed E-state index contributed by atoms with van der Waals surface area (Å²) >= 11 is 6.53. The zero-order valence-corrected chi connectivity index (χ0v) is 17.4. The molecule has 0 aliphatic carbocycles. The monoisotopic (exact) mass is 428 g/mol. The summed E-state index contributed by atoms with van der Waals surface area (Å²) in [4.78, 5) is 26.7. The van der Waals surface area contributed by atoms with Crippen LogP contribution in [-0.4, -0.2) is 39.8 Å². The number of rotatable bonds is 7. The Labute approximate surface area is 178 Å². The third-order valence-electron chi connectivity index (χ3n) is 4.20. The average Bonchev–Trinajstić information content (AvgIpc) is 2.96. The van der Waals surface area contributed by atoms with Gasteiger partial charge in [-0.05, 0) is 54.5 Å². The van der Waals surface area contributed by atoms with Crippen LogP contribution in [0.2, 0.25) is 0 Å². The van der Waals surface area contributed by atoms with Gasteiger partial charge >= 0.3 is 0 Å². The van der Waals surface area contributed by atoms with Gasteiger partial charge in [0.1, 0.15) is 15.8 Å². The van der Waals surface area contributed by atoms with Crippen LogP contribution >= 0.6 is 24.0 Å². The van der Waals surface area contributed by atoms with Crippen molar-refractivity contribution in [2.24, 2.45) is 0 Å². The molecule has 1 fully saturated rings. The highest BCUT2D eigenvalue weighted by molar-refractivity contribution is 8.26. The van der Waals surface area contributed by atoms with Crippen LogP contribution in [0, 0.1) is 0 Å². The lowest BCUT2D eigenvalue weighted by Gasteiger charge is -2.14. The number of methoxy groups -OCH3 is 1. The first-order valence-corrected chi connectivity index (χ1v) is 10.2. The van der Waals surface area contributed by atoms with Crippen LogP contribution in [0.3, 0.4) is 0 Å². The molecule has 8 heteroatoms. The molecule has 0 unspecified atom stereocenters. The van der Waals surface area contributed by atoms with Gasteiger partial charge in [0.15, 0.2) is 0 Å². The van der Waals surface area contributed by atoms with Crippen LogP contribution in [-0.2, 0) is 9.59 Å². The third kappa shape index (κ3) is 5.58. The van der Waals surface area contributed by atoms with E-state index in [1.54, 1.807) is 61.7 Å². The normalized spacial score (nSPS) is 15.1. The van der Waals surface area contributed by atoms with Gasteiger partial charge in [-0.25, -0.2) is 0 Å². The molecule has 0 bridgehead atoms. The largest absolute Gasteiger partial charge is 0.508 e. The van der Waals surface area contributed by atoms with Crippen molar-refractivity contribution in [3.63, 3.8) is 0 Å². The minimum Gasteiger partial charge on any atom is -0.508 e. The molecule has 3 rings (SSSR count). The maximum Gasteiger partial charge on any atom is 0.266 e. The quantitative estimate of drug-likeness (QED) is 0.512. The first-order valence-electron chi connectivity index (χ1n) is 8.94. The van der Waals surface area contributed by atoms with E-state index in [0.717, 1.165) is 11.3 Å². The molecule has 0 atom stereocenters. The number of nitrogens with one attached hydrogen (secondary N) is 1. The highest BCUT2D eigenvalue weighted by Crippen LogP contribution is 2.33. The molecular weight excluding hydrogens is 408 g/mol. The van der Waals surface area contributed by atoms with E-state index >= 15 is 0 Å². The number of hydrogen-bond acceptors (Lipinski definition) is 6. The second-order valence-corrected chi connectivity index (χ2v) is 7.98. The van der Waals surface area contributed by atoms with Gasteiger partial charge in [-0.3, -0.25) is 14.5 Å². The zero-order chi connectivity index (χ0) is 20.8. The number of amides is 2. The number of ether oxygens (including phenoxy) is 1. The van der Waals surface area contributed by atoms with Crippen LogP contribution in [0.25, 0.3) is 6.08 Å². The van der Waals surface area contributed by atoms with Crippen LogP contribution in [0.1, 0.15) is 18.4 Å². The lowest BCUT2D eigenvalue weighted by atomic mass is 10.2. The van der Waals surface area contributed by atoms with Gasteiger partial charge in [0.05, 0.1) is 12.0 Å². The van der Waals surface area contributed by atoms with Gasteiger partial charge in [0.25, 0.3) is 5.91 Å². The first-order chi connectivity index (χ1) is 14.0. The molecule has 29 heavy (non-hydrogen) atoms. The Hall–Kier alpha value is -2.84. The minimum absolute atomic E-state index is 0.129. The highest BCUT2D eigenvalue weighted by Gasteiger charge is 2.31. The van der Waals surface area contributed by atoms with E-state index in [1.807, 2.05) is 0 Å². The second-order valence-electron chi connectivity index (χ2n) is 6.31. The van der Waals surface area contributed by atoms with E-state index in [0.29, 0.717) is 27.9 Å². The van der Waals surface area contributed by atoms with Crippen LogP contribution in [0.5, 0.6) is 11.5 Å². The van der Waals surface area contributed by atoms with Crippen molar-refractivity contribution < 1.29 is 19.4 Å². The Bertz CT molecular complexity index is 957. The van der Waals surface area contributed by atoms with Crippen LogP contribution in [0.15, 0.2) is 53.4 Å². The van der Waals surface area contributed by atoms with Crippen molar-refractivity contribution in [3.05, 3.63) is 59.0 Å². The molecule has 1 heterocycles.